The third-order valence-corrected chi connectivity index (χ3v) is 6.09. The third-order valence-electron chi connectivity index (χ3n) is 4.83. The van der Waals surface area contributed by atoms with Crippen molar-refractivity contribution >= 4 is 40.3 Å². The van der Waals surface area contributed by atoms with Crippen molar-refractivity contribution in [2.45, 2.75) is 18.6 Å². The summed E-state index contributed by atoms with van der Waals surface area (Å²) in [6.45, 7) is -0.142. The molecule has 0 radical (unpaired) electrons. The smallest absolute Gasteiger partial charge is 0.264 e. The molecule has 28 heavy (non-hydrogen) atoms. The maximum atomic E-state index is 14.3. The number of thiophene rings is 1. The van der Waals surface area contributed by atoms with E-state index in [9.17, 15) is 19.1 Å². The lowest BCUT2D eigenvalue weighted by atomic mass is 9.89. The third kappa shape index (κ3) is 3.03. The van der Waals surface area contributed by atoms with E-state index in [0.29, 0.717) is 16.1 Å². The van der Waals surface area contributed by atoms with Crippen LogP contribution in [-0.4, -0.2) is 16.8 Å². The van der Waals surface area contributed by atoms with Gasteiger partial charge >= 0.3 is 0 Å². The van der Waals surface area contributed by atoms with Crippen LogP contribution in [-0.2, 0) is 16.9 Å². The largest absolute Gasteiger partial charge is 0.375 e. The molecule has 1 amide bonds. The number of nitrogens with zero attached hydrogens (tertiary/aromatic N) is 1. The van der Waals surface area contributed by atoms with Gasteiger partial charge in [0.25, 0.3) is 5.91 Å². The van der Waals surface area contributed by atoms with E-state index < -0.39 is 17.3 Å². The summed E-state index contributed by atoms with van der Waals surface area (Å²) in [6, 6.07) is 14.3. The molecule has 4 rings (SSSR count). The minimum Gasteiger partial charge on any atom is -0.375 e. The van der Waals surface area contributed by atoms with Crippen molar-refractivity contribution in [2.75, 3.05) is 4.90 Å². The number of carbonyl (C=O) groups is 2. The highest BCUT2D eigenvalue weighted by molar-refractivity contribution is 7.12. The lowest BCUT2D eigenvalue weighted by Crippen LogP contribution is -2.41. The van der Waals surface area contributed by atoms with E-state index in [1.807, 2.05) is 0 Å². The average molecular weight is 416 g/mol. The number of hydrogen-bond acceptors (Lipinski definition) is 4. The molecule has 1 atom stereocenters. The number of amides is 1. The predicted molar refractivity (Wildman–Crippen MR) is 106 cm³/mol. The summed E-state index contributed by atoms with van der Waals surface area (Å²) in [7, 11) is 0. The molecule has 1 aromatic heterocycles. The second-order valence-corrected chi connectivity index (χ2v) is 7.90. The number of carbonyl (C=O) groups excluding carboxylic acids is 2. The number of hydrogen-bond donors (Lipinski definition) is 1. The maximum absolute atomic E-state index is 14.3. The van der Waals surface area contributed by atoms with Crippen LogP contribution in [0.2, 0.25) is 5.02 Å². The molecule has 142 valence electrons. The van der Waals surface area contributed by atoms with Crippen molar-refractivity contribution in [3.63, 3.8) is 0 Å². The Kier molecular flexibility index (Phi) is 4.79. The van der Waals surface area contributed by atoms with Gasteiger partial charge in [0.2, 0.25) is 0 Å². The van der Waals surface area contributed by atoms with Crippen LogP contribution in [0.1, 0.15) is 27.2 Å². The van der Waals surface area contributed by atoms with Gasteiger partial charge in [0.15, 0.2) is 11.4 Å². The highest BCUT2D eigenvalue weighted by atomic mass is 35.5. The standard InChI is InChI=1S/C21H15ClFNO3S/c22-15-6-3-7-16(23)13(15)12-24-17-8-2-1-5-14(17)21(27,20(24)26)11-18(25)19-9-4-10-28-19/h1-10,27H,11-12H2/t21-/m1/s1. The molecule has 1 aliphatic rings. The molecule has 0 saturated heterocycles. The molecule has 7 heteroatoms. The number of Topliss-reactive ketones (excluding diaryl/α,β-unsaturated/α-hetero) is 1. The first kappa shape index (κ1) is 18.8. The minimum absolute atomic E-state index is 0.142. The zero-order valence-corrected chi connectivity index (χ0v) is 16.1. The number of rotatable bonds is 5. The first-order valence-corrected chi connectivity index (χ1v) is 9.81. The maximum Gasteiger partial charge on any atom is 0.264 e. The molecule has 4 nitrogen and oxygen atoms in total. The van der Waals surface area contributed by atoms with E-state index >= 15 is 0 Å². The van der Waals surface area contributed by atoms with Crippen LogP contribution in [0, 0.1) is 5.82 Å². The molecule has 0 unspecified atom stereocenters. The van der Waals surface area contributed by atoms with Crippen LogP contribution in [0.3, 0.4) is 0 Å². The molecular formula is C21H15ClFNO3S. The van der Waals surface area contributed by atoms with E-state index in [0.717, 1.165) is 0 Å². The molecule has 0 saturated carbocycles. The van der Waals surface area contributed by atoms with Crippen LogP contribution >= 0.6 is 22.9 Å². The molecular weight excluding hydrogens is 401 g/mol. The van der Waals surface area contributed by atoms with E-state index in [4.69, 9.17) is 11.6 Å². The second-order valence-electron chi connectivity index (χ2n) is 6.55. The Morgan fingerprint density at radius 1 is 1.14 bits per heavy atom. The summed E-state index contributed by atoms with van der Waals surface area (Å²) in [5, 5.41) is 13.2. The molecule has 2 aromatic carbocycles. The van der Waals surface area contributed by atoms with Gasteiger partial charge in [0.05, 0.1) is 23.5 Å². The summed E-state index contributed by atoms with van der Waals surface area (Å²) in [6.07, 6.45) is -0.384. The van der Waals surface area contributed by atoms with Crippen LogP contribution in [0.25, 0.3) is 0 Å². The van der Waals surface area contributed by atoms with Crippen molar-refractivity contribution in [1.82, 2.24) is 0 Å². The number of para-hydroxylation sites is 1. The van der Waals surface area contributed by atoms with Gasteiger partial charge in [-0.2, -0.15) is 0 Å². The summed E-state index contributed by atoms with van der Waals surface area (Å²) in [5.74, 6) is -1.53. The van der Waals surface area contributed by atoms with Crippen LogP contribution in [0.15, 0.2) is 60.0 Å². The Morgan fingerprint density at radius 2 is 1.93 bits per heavy atom. The summed E-state index contributed by atoms with van der Waals surface area (Å²) >= 11 is 7.36. The van der Waals surface area contributed by atoms with Gasteiger partial charge in [0, 0.05) is 16.1 Å². The lowest BCUT2D eigenvalue weighted by Gasteiger charge is -2.23. The highest BCUT2D eigenvalue weighted by Gasteiger charge is 2.51. The number of aliphatic hydroxyl groups is 1. The summed E-state index contributed by atoms with van der Waals surface area (Å²) in [5.41, 5.74) is -1.08. The van der Waals surface area contributed by atoms with Crippen LogP contribution in [0.5, 0.6) is 0 Å². The average Bonchev–Trinajstić information content (AvgIpc) is 3.28. The van der Waals surface area contributed by atoms with Crippen molar-refractivity contribution in [1.29, 1.82) is 0 Å². The number of anilines is 1. The van der Waals surface area contributed by atoms with Gasteiger partial charge in [0.1, 0.15) is 5.82 Å². The Morgan fingerprint density at radius 3 is 2.64 bits per heavy atom. The van der Waals surface area contributed by atoms with E-state index in [2.05, 4.69) is 0 Å². The van der Waals surface area contributed by atoms with Gasteiger partial charge in [-0.05, 0) is 29.6 Å². The topological polar surface area (TPSA) is 57.6 Å². The van der Waals surface area contributed by atoms with Gasteiger partial charge in [-0.15, -0.1) is 11.3 Å². The Labute approximate surface area is 169 Å². The second kappa shape index (κ2) is 7.13. The molecule has 1 N–H and O–H groups in total. The molecule has 0 spiro atoms. The number of benzene rings is 2. The lowest BCUT2D eigenvalue weighted by molar-refractivity contribution is -0.136. The molecule has 2 heterocycles. The molecule has 1 aliphatic heterocycles. The first-order valence-electron chi connectivity index (χ1n) is 8.55. The first-order chi connectivity index (χ1) is 13.4. The van der Waals surface area contributed by atoms with Crippen molar-refractivity contribution in [3.05, 3.63) is 86.8 Å². The Bertz CT molecular complexity index is 1050. The Balaban J connectivity index is 1.73. The zero-order chi connectivity index (χ0) is 19.9. The van der Waals surface area contributed by atoms with Gasteiger partial charge < -0.3 is 10.0 Å². The quantitative estimate of drug-likeness (QED) is 0.622. The van der Waals surface area contributed by atoms with Crippen LogP contribution in [0.4, 0.5) is 10.1 Å². The normalized spacial score (nSPS) is 18.4. The van der Waals surface area contributed by atoms with E-state index in [1.54, 1.807) is 47.8 Å². The van der Waals surface area contributed by atoms with E-state index in [1.165, 1.54) is 28.4 Å². The predicted octanol–water partition coefficient (Wildman–Crippen LogP) is 4.55. The molecule has 3 aromatic rings. The van der Waals surface area contributed by atoms with Gasteiger partial charge in [-0.3, -0.25) is 9.59 Å². The molecule has 0 aliphatic carbocycles. The highest BCUT2D eigenvalue weighted by Crippen LogP contribution is 2.44. The minimum atomic E-state index is -2.00. The molecule has 0 fully saturated rings. The fraction of sp³-hybridized carbons (Fsp3) is 0.143. The summed E-state index contributed by atoms with van der Waals surface area (Å²) < 4.78 is 14.3. The number of halogens is 2. The van der Waals surface area contributed by atoms with Crippen molar-refractivity contribution in [2.24, 2.45) is 0 Å². The van der Waals surface area contributed by atoms with Crippen molar-refractivity contribution in [3.8, 4) is 0 Å². The fourth-order valence-electron chi connectivity index (χ4n) is 3.43. The van der Waals surface area contributed by atoms with Crippen LogP contribution < -0.4 is 4.90 Å². The summed E-state index contributed by atoms with van der Waals surface area (Å²) in [4.78, 5) is 27.5. The number of fused-ring (bicyclic) bond motifs is 1. The Hall–Kier alpha value is -2.54. The van der Waals surface area contributed by atoms with Gasteiger partial charge in [-0.1, -0.05) is 41.9 Å². The molecule has 0 bridgehead atoms. The van der Waals surface area contributed by atoms with E-state index in [-0.39, 0.29) is 29.3 Å². The van der Waals surface area contributed by atoms with Gasteiger partial charge in [-0.25, -0.2) is 4.39 Å². The number of ketones is 1. The van der Waals surface area contributed by atoms with Crippen molar-refractivity contribution < 1.29 is 19.1 Å². The SMILES string of the molecule is O=C(C[C@]1(O)C(=O)N(Cc2c(F)cccc2Cl)c2ccccc21)c1cccs1. The zero-order valence-electron chi connectivity index (χ0n) is 14.6. The fourth-order valence-corrected chi connectivity index (χ4v) is 4.32. The monoisotopic (exact) mass is 415 g/mol.